The van der Waals surface area contributed by atoms with Crippen LogP contribution in [0.4, 0.5) is 5.82 Å². The standard InChI is InChI=1S/C27H34N8O2S/c1-18-16-35-21(5-4-6-22(35)29-18)24-30-20-15-19(38-23(20)25(31-24)33-11-13-37-14-12-33)17-32-7-9-34(10-8-32)27(2,3)26(28)36/h4-6,15-16H,7-14,17H2,1-3H3,(H2,28,36). The van der Waals surface area contributed by atoms with Crippen molar-refractivity contribution in [2.24, 2.45) is 5.73 Å². The van der Waals surface area contributed by atoms with Gasteiger partial charge in [-0.1, -0.05) is 6.07 Å². The molecule has 4 aromatic heterocycles. The molecule has 2 saturated heterocycles. The Hall–Kier alpha value is -3.12. The molecule has 0 spiro atoms. The molecule has 2 aliphatic heterocycles. The van der Waals surface area contributed by atoms with Gasteiger partial charge in [-0.3, -0.25) is 19.0 Å². The number of anilines is 1. The number of morpholine rings is 1. The van der Waals surface area contributed by atoms with Gasteiger partial charge in [0.05, 0.1) is 40.4 Å². The third-order valence-electron chi connectivity index (χ3n) is 7.70. The van der Waals surface area contributed by atoms with Crippen molar-refractivity contribution in [3.63, 3.8) is 0 Å². The number of aryl methyl sites for hydroxylation is 1. The summed E-state index contributed by atoms with van der Waals surface area (Å²) < 4.78 is 8.82. The van der Waals surface area contributed by atoms with Crippen LogP contribution in [0.1, 0.15) is 24.4 Å². The van der Waals surface area contributed by atoms with Gasteiger partial charge in [-0.2, -0.15) is 0 Å². The molecule has 38 heavy (non-hydrogen) atoms. The minimum atomic E-state index is -0.626. The number of nitrogens with zero attached hydrogens (tertiary/aromatic N) is 7. The van der Waals surface area contributed by atoms with Crippen molar-refractivity contribution >= 4 is 38.9 Å². The number of piperazine rings is 1. The van der Waals surface area contributed by atoms with Crippen molar-refractivity contribution in [2.45, 2.75) is 32.9 Å². The van der Waals surface area contributed by atoms with Gasteiger partial charge in [-0.05, 0) is 39.0 Å². The van der Waals surface area contributed by atoms with Gasteiger partial charge in [0.1, 0.15) is 5.65 Å². The summed E-state index contributed by atoms with van der Waals surface area (Å²) in [6.07, 6.45) is 2.03. The van der Waals surface area contributed by atoms with Crippen molar-refractivity contribution in [1.29, 1.82) is 0 Å². The second kappa shape index (κ2) is 9.88. The number of hydrogen-bond acceptors (Lipinski definition) is 9. The molecule has 4 aromatic rings. The normalized spacial score (nSPS) is 18.0. The fraction of sp³-hybridized carbons (Fsp3) is 0.481. The van der Waals surface area contributed by atoms with E-state index < -0.39 is 5.54 Å². The number of primary amides is 1. The third-order valence-corrected chi connectivity index (χ3v) is 8.81. The number of rotatable bonds is 6. The molecule has 2 N–H and O–H groups in total. The number of amides is 1. The molecule has 0 aromatic carbocycles. The molecule has 0 bridgehead atoms. The van der Waals surface area contributed by atoms with E-state index in [9.17, 15) is 4.79 Å². The minimum Gasteiger partial charge on any atom is -0.378 e. The minimum absolute atomic E-state index is 0.276. The van der Waals surface area contributed by atoms with E-state index >= 15 is 0 Å². The summed E-state index contributed by atoms with van der Waals surface area (Å²) >= 11 is 1.78. The number of fused-ring (bicyclic) bond motifs is 2. The number of carbonyl (C=O) groups is 1. The van der Waals surface area contributed by atoms with Crippen LogP contribution in [-0.4, -0.2) is 93.1 Å². The second-order valence-electron chi connectivity index (χ2n) is 10.6. The van der Waals surface area contributed by atoms with Crippen LogP contribution in [0.15, 0.2) is 30.5 Å². The molecule has 200 valence electrons. The number of thiophene rings is 1. The molecule has 2 fully saturated rings. The molecule has 10 nitrogen and oxygen atoms in total. The van der Waals surface area contributed by atoms with Gasteiger partial charge in [-0.25, -0.2) is 15.0 Å². The van der Waals surface area contributed by atoms with Crippen LogP contribution in [0.3, 0.4) is 0 Å². The van der Waals surface area contributed by atoms with E-state index in [2.05, 4.69) is 36.2 Å². The number of hydrogen-bond donors (Lipinski definition) is 1. The number of pyridine rings is 1. The zero-order chi connectivity index (χ0) is 26.4. The predicted octanol–water partition coefficient (Wildman–Crippen LogP) is 2.53. The number of carbonyl (C=O) groups excluding carboxylic acids is 1. The molecule has 0 saturated carbocycles. The monoisotopic (exact) mass is 534 g/mol. The molecule has 0 unspecified atom stereocenters. The molecular weight excluding hydrogens is 500 g/mol. The first-order chi connectivity index (χ1) is 18.3. The Bertz CT molecular complexity index is 1480. The molecule has 6 heterocycles. The first-order valence-corrected chi connectivity index (χ1v) is 14.0. The SMILES string of the molecule is Cc1cn2c(-c3nc(N4CCOCC4)c4sc(CN5CCN(C(C)(C)C(N)=O)CC5)cc4n3)cccc2n1. The molecule has 0 aliphatic carbocycles. The van der Waals surface area contributed by atoms with E-state index in [1.165, 1.54) is 4.88 Å². The van der Waals surface area contributed by atoms with Gasteiger partial charge in [0.25, 0.3) is 0 Å². The maximum atomic E-state index is 11.9. The van der Waals surface area contributed by atoms with Crippen LogP contribution in [-0.2, 0) is 16.1 Å². The highest BCUT2D eigenvalue weighted by molar-refractivity contribution is 7.19. The lowest BCUT2D eigenvalue weighted by molar-refractivity contribution is -0.129. The lowest BCUT2D eigenvalue weighted by Crippen LogP contribution is -2.59. The summed E-state index contributed by atoms with van der Waals surface area (Å²) in [6.45, 7) is 13.1. The highest BCUT2D eigenvalue weighted by atomic mass is 32.1. The van der Waals surface area contributed by atoms with Gasteiger partial charge < -0.3 is 15.4 Å². The largest absolute Gasteiger partial charge is 0.378 e. The van der Waals surface area contributed by atoms with Crippen LogP contribution in [0.25, 0.3) is 27.4 Å². The first kappa shape index (κ1) is 25.2. The molecule has 1 amide bonds. The fourth-order valence-corrected chi connectivity index (χ4v) is 6.46. The van der Waals surface area contributed by atoms with E-state index in [1.807, 2.05) is 39.1 Å². The van der Waals surface area contributed by atoms with E-state index in [0.29, 0.717) is 19.0 Å². The zero-order valence-corrected chi connectivity index (χ0v) is 23.0. The maximum absolute atomic E-state index is 11.9. The Morgan fingerprint density at radius 3 is 2.58 bits per heavy atom. The van der Waals surface area contributed by atoms with Crippen molar-refractivity contribution in [1.82, 2.24) is 29.2 Å². The van der Waals surface area contributed by atoms with E-state index in [-0.39, 0.29) is 5.91 Å². The van der Waals surface area contributed by atoms with E-state index in [0.717, 1.165) is 78.9 Å². The molecule has 0 atom stereocenters. The molecule has 11 heteroatoms. The van der Waals surface area contributed by atoms with E-state index in [1.54, 1.807) is 11.3 Å². The number of nitrogens with two attached hydrogens (primary N) is 1. The highest BCUT2D eigenvalue weighted by Crippen LogP contribution is 2.35. The summed E-state index contributed by atoms with van der Waals surface area (Å²) in [6, 6.07) is 8.29. The number of imidazole rings is 1. The summed E-state index contributed by atoms with van der Waals surface area (Å²) in [5.41, 5.74) is 8.77. The van der Waals surface area contributed by atoms with Crippen molar-refractivity contribution in [3.8, 4) is 11.5 Å². The lowest BCUT2D eigenvalue weighted by Gasteiger charge is -2.42. The topological polar surface area (TPSA) is 105 Å². The number of ether oxygens (including phenoxy) is 1. The summed E-state index contributed by atoms with van der Waals surface area (Å²) in [4.78, 5) is 34.9. The average molecular weight is 535 g/mol. The van der Waals surface area contributed by atoms with Crippen LogP contribution in [0.5, 0.6) is 0 Å². The van der Waals surface area contributed by atoms with Crippen LogP contribution >= 0.6 is 11.3 Å². The first-order valence-electron chi connectivity index (χ1n) is 13.1. The van der Waals surface area contributed by atoms with Gasteiger partial charge in [0, 0.05) is 56.9 Å². The zero-order valence-electron chi connectivity index (χ0n) is 22.2. The summed E-state index contributed by atoms with van der Waals surface area (Å²) in [7, 11) is 0. The molecule has 2 aliphatic rings. The number of aromatic nitrogens is 4. The van der Waals surface area contributed by atoms with Crippen molar-refractivity contribution in [3.05, 3.63) is 41.0 Å². The molecule has 6 rings (SSSR count). The summed E-state index contributed by atoms with van der Waals surface area (Å²) in [5, 5.41) is 0. The summed E-state index contributed by atoms with van der Waals surface area (Å²) in [5.74, 6) is 1.40. The molecule has 0 radical (unpaired) electrons. The Labute approximate surface area is 226 Å². The lowest BCUT2D eigenvalue weighted by atomic mass is 10.0. The average Bonchev–Trinajstić information content (AvgIpc) is 3.50. The third kappa shape index (κ3) is 4.64. The Morgan fingerprint density at radius 1 is 1.08 bits per heavy atom. The Morgan fingerprint density at radius 2 is 1.84 bits per heavy atom. The van der Waals surface area contributed by atoms with Crippen LogP contribution in [0, 0.1) is 6.92 Å². The Kier molecular flexibility index (Phi) is 6.55. The van der Waals surface area contributed by atoms with Crippen molar-refractivity contribution in [2.75, 3.05) is 57.4 Å². The molecular formula is C27H34N8O2S. The van der Waals surface area contributed by atoms with Crippen molar-refractivity contribution < 1.29 is 9.53 Å². The maximum Gasteiger partial charge on any atom is 0.237 e. The van der Waals surface area contributed by atoms with Crippen LogP contribution in [0.2, 0.25) is 0 Å². The smallest absolute Gasteiger partial charge is 0.237 e. The van der Waals surface area contributed by atoms with Gasteiger partial charge >= 0.3 is 0 Å². The van der Waals surface area contributed by atoms with E-state index in [4.69, 9.17) is 20.4 Å². The van der Waals surface area contributed by atoms with Gasteiger partial charge in [0.15, 0.2) is 11.6 Å². The van der Waals surface area contributed by atoms with Crippen LogP contribution < -0.4 is 10.6 Å². The predicted molar refractivity (Wildman–Crippen MR) is 149 cm³/mol. The Balaban J connectivity index is 1.32. The highest BCUT2D eigenvalue weighted by Gasteiger charge is 2.34. The van der Waals surface area contributed by atoms with Gasteiger partial charge in [0.2, 0.25) is 5.91 Å². The fourth-order valence-electron chi connectivity index (χ4n) is 5.30. The van der Waals surface area contributed by atoms with Gasteiger partial charge in [-0.15, -0.1) is 11.3 Å². The second-order valence-corrected chi connectivity index (χ2v) is 11.7. The quantitative estimate of drug-likeness (QED) is 0.402.